The third-order valence-electron chi connectivity index (χ3n) is 11.3. The third-order valence-corrected chi connectivity index (χ3v) is 11.3. The smallest absolute Gasteiger partial charge is 0.122 e. The summed E-state index contributed by atoms with van der Waals surface area (Å²) in [5.41, 5.74) is 14.4. The van der Waals surface area contributed by atoms with Crippen molar-refractivity contribution >= 4 is 0 Å². The molecule has 0 fully saturated rings. The Balaban J connectivity index is 1.35. The molecule has 2 nitrogen and oxygen atoms in total. The highest BCUT2D eigenvalue weighted by molar-refractivity contribution is 5.86. The van der Waals surface area contributed by atoms with Crippen molar-refractivity contribution in [3.8, 4) is 22.6 Å². The van der Waals surface area contributed by atoms with Crippen molar-refractivity contribution in [2.75, 3.05) is 0 Å². The second-order valence-electron chi connectivity index (χ2n) is 14.8. The van der Waals surface area contributed by atoms with Crippen LogP contribution in [0.2, 0.25) is 0 Å². The maximum Gasteiger partial charge on any atom is 0.122 e. The van der Waals surface area contributed by atoms with Gasteiger partial charge in [0.2, 0.25) is 0 Å². The van der Waals surface area contributed by atoms with Crippen molar-refractivity contribution in [2.24, 2.45) is 0 Å². The Morgan fingerprint density at radius 1 is 0.309 bits per heavy atom. The molecule has 1 aliphatic rings. The zero-order chi connectivity index (χ0) is 37.2. The summed E-state index contributed by atoms with van der Waals surface area (Å²) in [6, 6.07) is 68.2. The molecule has 266 valence electrons. The molecular formula is C53H42O2. The summed E-state index contributed by atoms with van der Waals surface area (Å²) >= 11 is 0. The van der Waals surface area contributed by atoms with Crippen LogP contribution in [0, 0.1) is 0 Å². The van der Waals surface area contributed by atoms with Crippen LogP contribution >= 0.6 is 0 Å². The van der Waals surface area contributed by atoms with Crippen LogP contribution in [0.5, 0.6) is 11.5 Å². The van der Waals surface area contributed by atoms with Crippen LogP contribution in [0.3, 0.4) is 0 Å². The number of phenols is 2. The summed E-state index contributed by atoms with van der Waals surface area (Å²) < 4.78 is 0. The molecule has 0 unspecified atom stereocenters. The molecule has 9 rings (SSSR count). The van der Waals surface area contributed by atoms with Gasteiger partial charge in [0.05, 0.1) is 5.41 Å². The number of fused-ring (bicyclic) bond motifs is 3. The van der Waals surface area contributed by atoms with Crippen LogP contribution in [0.25, 0.3) is 11.1 Å². The normalized spacial score (nSPS) is 12.6. The maximum atomic E-state index is 12.1. The lowest BCUT2D eigenvalue weighted by Gasteiger charge is -2.36. The third kappa shape index (κ3) is 6.40. The molecule has 0 amide bonds. The largest absolute Gasteiger partial charge is 0.507 e. The van der Waals surface area contributed by atoms with E-state index in [2.05, 4.69) is 170 Å². The quantitative estimate of drug-likeness (QED) is 0.148. The summed E-state index contributed by atoms with van der Waals surface area (Å²) in [7, 11) is 0. The Bertz CT molecular complexity index is 2280. The zero-order valence-corrected chi connectivity index (χ0v) is 30.7. The van der Waals surface area contributed by atoms with E-state index in [1.807, 2.05) is 24.3 Å². The monoisotopic (exact) mass is 710 g/mol. The molecule has 2 N–H and O–H groups in total. The molecule has 0 aromatic heterocycles. The van der Waals surface area contributed by atoms with Gasteiger partial charge in [-0.2, -0.15) is 0 Å². The standard InChI is InChI=1S/C53H42O2/c54-51-41(29-37-17-5-1-6-18-37)33-45(34-42(51)30-38-19-7-2-8-20-38)53(49-27-15-13-25-47(49)48-26-14-16-28-50(48)53)46-35-43(31-39-21-9-3-10-22-39)52(55)44(36-46)32-40-23-11-4-12-24-40/h1-28,33-36,54-55H,29-32H2. The van der Waals surface area contributed by atoms with E-state index in [0.29, 0.717) is 37.2 Å². The van der Waals surface area contributed by atoms with Gasteiger partial charge in [0.15, 0.2) is 0 Å². The molecule has 0 atom stereocenters. The number of rotatable bonds is 10. The molecule has 0 saturated carbocycles. The first-order valence-electron chi connectivity index (χ1n) is 19.1. The molecule has 8 aromatic carbocycles. The van der Waals surface area contributed by atoms with Crippen LogP contribution in [0.15, 0.2) is 194 Å². The molecule has 0 aliphatic heterocycles. The highest BCUT2D eigenvalue weighted by atomic mass is 16.3. The maximum absolute atomic E-state index is 12.1. The molecule has 8 aromatic rings. The molecule has 0 saturated heterocycles. The van der Waals surface area contributed by atoms with Gasteiger partial charge in [-0.1, -0.05) is 194 Å². The lowest BCUT2D eigenvalue weighted by Crippen LogP contribution is -2.29. The summed E-state index contributed by atoms with van der Waals surface area (Å²) in [5, 5.41) is 24.3. The molecule has 0 bridgehead atoms. The lowest BCUT2D eigenvalue weighted by atomic mass is 9.66. The number of hydrogen-bond donors (Lipinski definition) is 2. The van der Waals surface area contributed by atoms with Gasteiger partial charge in [0.25, 0.3) is 0 Å². The molecule has 0 radical (unpaired) electrons. The Labute approximate surface area is 323 Å². The van der Waals surface area contributed by atoms with Gasteiger partial charge >= 0.3 is 0 Å². The molecule has 0 spiro atoms. The zero-order valence-electron chi connectivity index (χ0n) is 30.7. The predicted octanol–water partition coefficient (Wildman–Crippen LogP) is 11.8. The highest BCUT2D eigenvalue weighted by Gasteiger charge is 2.47. The Morgan fingerprint density at radius 3 is 0.855 bits per heavy atom. The fourth-order valence-electron chi connectivity index (χ4n) is 8.78. The van der Waals surface area contributed by atoms with Gasteiger partial charge < -0.3 is 10.2 Å². The Hall–Kier alpha value is -6.64. The van der Waals surface area contributed by atoms with E-state index in [-0.39, 0.29) is 0 Å². The molecule has 1 aliphatic carbocycles. The van der Waals surface area contributed by atoms with Crippen molar-refractivity contribution in [2.45, 2.75) is 31.1 Å². The van der Waals surface area contributed by atoms with Gasteiger partial charge in [-0.25, -0.2) is 0 Å². The Kier molecular flexibility index (Phi) is 9.09. The fraction of sp³-hybridized carbons (Fsp3) is 0.0943. The Morgan fingerprint density at radius 2 is 0.564 bits per heavy atom. The minimum Gasteiger partial charge on any atom is -0.507 e. The summed E-state index contributed by atoms with van der Waals surface area (Å²) in [6.07, 6.45) is 2.37. The van der Waals surface area contributed by atoms with Crippen molar-refractivity contribution in [3.63, 3.8) is 0 Å². The molecule has 0 heterocycles. The van der Waals surface area contributed by atoms with E-state index in [0.717, 1.165) is 55.6 Å². The summed E-state index contributed by atoms with van der Waals surface area (Å²) in [4.78, 5) is 0. The average Bonchev–Trinajstić information content (AvgIpc) is 3.53. The minimum atomic E-state index is -0.748. The van der Waals surface area contributed by atoms with Crippen LogP contribution in [-0.2, 0) is 31.1 Å². The van der Waals surface area contributed by atoms with Gasteiger partial charge in [0.1, 0.15) is 11.5 Å². The average molecular weight is 711 g/mol. The first-order valence-corrected chi connectivity index (χ1v) is 19.1. The van der Waals surface area contributed by atoms with Crippen molar-refractivity contribution in [1.29, 1.82) is 0 Å². The van der Waals surface area contributed by atoms with Crippen molar-refractivity contribution in [3.05, 3.63) is 261 Å². The first-order chi connectivity index (χ1) is 27.1. The van der Waals surface area contributed by atoms with Crippen molar-refractivity contribution in [1.82, 2.24) is 0 Å². The van der Waals surface area contributed by atoms with Gasteiger partial charge in [-0.05, 0) is 77.9 Å². The first kappa shape index (κ1) is 34.1. The summed E-state index contributed by atoms with van der Waals surface area (Å²) in [5.74, 6) is 0.679. The van der Waals surface area contributed by atoms with E-state index in [4.69, 9.17) is 0 Å². The topological polar surface area (TPSA) is 40.5 Å². The molecule has 2 heteroatoms. The highest BCUT2D eigenvalue weighted by Crippen LogP contribution is 2.57. The second kappa shape index (κ2) is 14.6. The van der Waals surface area contributed by atoms with Gasteiger partial charge in [0, 0.05) is 25.7 Å². The SMILES string of the molecule is Oc1c(Cc2ccccc2)cc(C2(c3cc(Cc4ccccc4)c(O)c(Cc4ccccc4)c3)c3ccccc3-c3ccccc32)cc1Cc1ccccc1. The van der Waals surface area contributed by atoms with E-state index in [9.17, 15) is 10.2 Å². The van der Waals surface area contributed by atoms with Crippen LogP contribution < -0.4 is 0 Å². The van der Waals surface area contributed by atoms with Crippen LogP contribution in [0.4, 0.5) is 0 Å². The molecular weight excluding hydrogens is 669 g/mol. The predicted molar refractivity (Wildman–Crippen MR) is 224 cm³/mol. The number of benzene rings is 8. The summed E-state index contributed by atoms with van der Waals surface area (Å²) in [6.45, 7) is 0. The molecule has 55 heavy (non-hydrogen) atoms. The lowest BCUT2D eigenvalue weighted by molar-refractivity contribution is 0.462. The van der Waals surface area contributed by atoms with Crippen LogP contribution in [-0.4, -0.2) is 10.2 Å². The fourth-order valence-corrected chi connectivity index (χ4v) is 8.78. The van der Waals surface area contributed by atoms with E-state index in [1.165, 1.54) is 22.3 Å². The number of aromatic hydroxyl groups is 2. The van der Waals surface area contributed by atoms with E-state index in [1.54, 1.807) is 0 Å². The van der Waals surface area contributed by atoms with Gasteiger partial charge in [-0.15, -0.1) is 0 Å². The van der Waals surface area contributed by atoms with Gasteiger partial charge in [-0.3, -0.25) is 0 Å². The van der Waals surface area contributed by atoms with E-state index < -0.39 is 5.41 Å². The number of phenolic OH excluding ortho intramolecular Hbond substituents is 2. The minimum absolute atomic E-state index is 0.339. The van der Waals surface area contributed by atoms with Crippen molar-refractivity contribution < 1.29 is 10.2 Å². The van der Waals surface area contributed by atoms with Crippen LogP contribution in [0.1, 0.15) is 66.8 Å². The number of hydrogen-bond acceptors (Lipinski definition) is 2. The van der Waals surface area contributed by atoms with E-state index >= 15 is 0 Å². The second-order valence-corrected chi connectivity index (χ2v) is 14.8.